The van der Waals surface area contributed by atoms with Crippen molar-refractivity contribution in [3.8, 4) is 17.1 Å². The van der Waals surface area contributed by atoms with E-state index in [9.17, 15) is 18.6 Å². The van der Waals surface area contributed by atoms with Gasteiger partial charge >= 0.3 is 0 Å². The molecule has 32 heavy (non-hydrogen) atoms. The first-order valence-corrected chi connectivity index (χ1v) is 11.9. The minimum absolute atomic E-state index is 0.0266. The Labute approximate surface area is 186 Å². The molecule has 0 unspecified atom stereocenters. The lowest BCUT2D eigenvalue weighted by molar-refractivity contribution is -0.113. The van der Waals surface area contributed by atoms with E-state index in [0.717, 1.165) is 5.56 Å². The first-order chi connectivity index (χ1) is 15.3. The van der Waals surface area contributed by atoms with Crippen molar-refractivity contribution in [1.82, 2.24) is 9.88 Å². The molecule has 1 aliphatic heterocycles. The zero-order chi connectivity index (χ0) is 22.7. The Hall–Kier alpha value is -2.72. The van der Waals surface area contributed by atoms with Crippen LogP contribution in [0.1, 0.15) is 24.1 Å². The Morgan fingerprint density at radius 3 is 2.66 bits per heavy atom. The van der Waals surface area contributed by atoms with E-state index in [-0.39, 0.29) is 23.3 Å². The number of nitrogens with zero attached hydrogens (tertiary/aromatic N) is 1. The predicted octanol–water partition coefficient (Wildman–Crippen LogP) is 2.79. The number of phenols is 1. The molecular formula is C23H26N2O6S. The molecule has 1 aromatic heterocycles. The predicted molar refractivity (Wildman–Crippen MR) is 118 cm³/mol. The summed E-state index contributed by atoms with van der Waals surface area (Å²) < 4.78 is 39.0. The number of benzene rings is 2. The molecule has 1 saturated heterocycles. The maximum absolute atomic E-state index is 12.5. The van der Waals surface area contributed by atoms with Crippen LogP contribution in [0.25, 0.3) is 11.3 Å². The lowest BCUT2D eigenvalue weighted by Crippen LogP contribution is -2.46. The molecule has 0 aliphatic carbocycles. The van der Waals surface area contributed by atoms with Crippen LogP contribution >= 0.6 is 0 Å². The van der Waals surface area contributed by atoms with Gasteiger partial charge in [0.05, 0.1) is 28.9 Å². The van der Waals surface area contributed by atoms with Gasteiger partial charge in [-0.05, 0) is 44.0 Å². The van der Waals surface area contributed by atoms with E-state index in [1.165, 1.54) is 0 Å². The van der Waals surface area contributed by atoms with Gasteiger partial charge in [-0.15, -0.1) is 0 Å². The summed E-state index contributed by atoms with van der Waals surface area (Å²) in [5, 5.41) is 24.0. The smallest absolute Gasteiger partial charge is 0.240 e. The number of hydrogen-bond acceptors (Lipinski definition) is 7. The number of rotatable bonds is 7. The van der Waals surface area contributed by atoms with Crippen LogP contribution in [0.3, 0.4) is 0 Å². The van der Waals surface area contributed by atoms with Crippen molar-refractivity contribution in [1.29, 1.82) is 0 Å². The number of aliphatic hydroxyl groups excluding tert-OH is 1. The number of aromatic hydroxyl groups is 1. The Kier molecular flexibility index (Phi) is 6.61. The third kappa shape index (κ3) is 5.36. The number of hydrogen-bond donors (Lipinski definition) is 3. The van der Waals surface area contributed by atoms with Gasteiger partial charge in [-0.3, -0.25) is 0 Å². The molecule has 0 bridgehead atoms. The highest BCUT2D eigenvalue weighted by Crippen LogP contribution is 2.27. The second-order valence-corrected chi connectivity index (χ2v) is 9.81. The molecule has 0 saturated carbocycles. The summed E-state index contributed by atoms with van der Waals surface area (Å²) in [5.41, 5.74) is 2.37. The van der Waals surface area contributed by atoms with Gasteiger partial charge in [0.1, 0.15) is 5.75 Å². The molecule has 0 amide bonds. The normalized spacial score (nSPS) is 21.5. The topological polar surface area (TPSA) is 122 Å². The Balaban J connectivity index is 1.37. The molecule has 3 N–H and O–H groups in total. The molecule has 8 nitrogen and oxygen atoms in total. The van der Waals surface area contributed by atoms with Crippen LogP contribution in [0.5, 0.6) is 5.75 Å². The Bertz CT molecular complexity index is 1160. The third-order valence-electron chi connectivity index (χ3n) is 5.51. The van der Waals surface area contributed by atoms with Crippen LogP contribution in [0.15, 0.2) is 64.0 Å². The average molecular weight is 459 g/mol. The van der Waals surface area contributed by atoms with Crippen molar-refractivity contribution >= 4 is 10.0 Å². The minimum atomic E-state index is -3.70. The van der Waals surface area contributed by atoms with E-state index in [1.54, 1.807) is 48.5 Å². The summed E-state index contributed by atoms with van der Waals surface area (Å²) >= 11 is 0. The Morgan fingerprint density at radius 1 is 1.12 bits per heavy atom. The van der Waals surface area contributed by atoms with Crippen LogP contribution in [0.4, 0.5) is 0 Å². The minimum Gasteiger partial charge on any atom is -0.508 e. The van der Waals surface area contributed by atoms with Crippen LogP contribution in [0.2, 0.25) is 0 Å². The molecule has 3 aromatic rings. The number of sulfonamides is 1. The number of ether oxygens (including phenoxy) is 1. The van der Waals surface area contributed by atoms with Crippen molar-refractivity contribution in [3.05, 3.63) is 65.9 Å². The first kappa shape index (κ1) is 22.5. The zero-order valence-electron chi connectivity index (χ0n) is 17.6. The largest absolute Gasteiger partial charge is 0.508 e. The molecule has 0 radical (unpaired) electrons. The van der Waals surface area contributed by atoms with Gasteiger partial charge in [-0.2, -0.15) is 0 Å². The van der Waals surface area contributed by atoms with E-state index >= 15 is 0 Å². The van der Waals surface area contributed by atoms with Crippen molar-refractivity contribution in [2.24, 2.45) is 0 Å². The zero-order valence-corrected chi connectivity index (χ0v) is 18.5. The molecule has 4 rings (SSSR count). The lowest BCUT2D eigenvalue weighted by Gasteiger charge is -2.33. The number of aromatic nitrogens is 1. The van der Waals surface area contributed by atoms with Crippen molar-refractivity contribution in [2.45, 2.75) is 49.4 Å². The monoisotopic (exact) mass is 458 g/mol. The summed E-state index contributed by atoms with van der Waals surface area (Å²) in [6, 6.07) is 15.1. The van der Waals surface area contributed by atoms with Crippen LogP contribution in [-0.4, -0.2) is 48.6 Å². The van der Waals surface area contributed by atoms with E-state index in [2.05, 4.69) is 9.88 Å². The highest BCUT2D eigenvalue weighted by atomic mass is 32.2. The summed E-state index contributed by atoms with van der Waals surface area (Å²) in [4.78, 5) is 0.173. The maximum Gasteiger partial charge on any atom is 0.240 e. The molecule has 1 fully saturated rings. The molecule has 2 heterocycles. The van der Waals surface area contributed by atoms with Gasteiger partial charge in [0.2, 0.25) is 10.0 Å². The highest BCUT2D eigenvalue weighted by molar-refractivity contribution is 7.89. The van der Waals surface area contributed by atoms with E-state index < -0.39 is 22.2 Å². The van der Waals surface area contributed by atoms with Crippen molar-refractivity contribution in [2.75, 3.05) is 6.54 Å². The van der Waals surface area contributed by atoms with Gasteiger partial charge in [0.25, 0.3) is 0 Å². The quantitative estimate of drug-likeness (QED) is 0.498. The molecule has 1 aliphatic rings. The van der Waals surface area contributed by atoms with Gasteiger partial charge in [0.15, 0.2) is 5.76 Å². The fraction of sp³-hybridized carbons (Fsp3) is 0.348. The summed E-state index contributed by atoms with van der Waals surface area (Å²) in [7, 11) is -3.70. The fourth-order valence-electron chi connectivity index (χ4n) is 3.71. The van der Waals surface area contributed by atoms with Gasteiger partial charge in [-0.25, -0.2) is 13.1 Å². The van der Waals surface area contributed by atoms with Crippen molar-refractivity contribution in [3.63, 3.8) is 0 Å². The van der Waals surface area contributed by atoms with Crippen molar-refractivity contribution < 1.29 is 27.9 Å². The van der Waals surface area contributed by atoms with Crippen LogP contribution in [0, 0.1) is 6.92 Å². The number of nitrogens with one attached hydrogen (secondary N) is 1. The maximum atomic E-state index is 12.5. The molecule has 2 aromatic carbocycles. The van der Waals surface area contributed by atoms with Crippen LogP contribution in [-0.2, 0) is 21.2 Å². The van der Waals surface area contributed by atoms with Gasteiger partial charge in [0, 0.05) is 24.6 Å². The number of aryl methyl sites for hydroxylation is 1. The summed E-state index contributed by atoms with van der Waals surface area (Å²) in [6.07, 6.45) is -0.0563. The van der Waals surface area contributed by atoms with Gasteiger partial charge < -0.3 is 19.5 Å². The Morgan fingerprint density at radius 2 is 1.91 bits per heavy atom. The second kappa shape index (κ2) is 9.41. The standard InChI is InChI=1S/C23H26N2O6S/c1-15-5-8-20(9-6-15)32(28,29)24-14-23-21(27)10-7-19(30-23)12-17-13-22(31-25-17)16-3-2-4-18(26)11-16/h2-6,8-9,11,13,19,21,23-24,26-27H,7,10,12,14H2,1H3/t19-,21-,23+/m0/s1. The third-order valence-corrected chi connectivity index (χ3v) is 6.95. The highest BCUT2D eigenvalue weighted by Gasteiger charge is 2.31. The molecule has 170 valence electrons. The SMILES string of the molecule is Cc1ccc(S(=O)(=O)NC[C@H]2O[C@H](Cc3cc(-c4cccc(O)c4)on3)CC[C@@H]2O)cc1. The molecule has 0 spiro atoms. The van der Waals surface area contributed by atoms with E-state index in [0.29, 0.717) is 36.3 Å². The summed E-state index contributed by atoms with van der Waals surface area (Å²) in [6.45, 7) is 1.86. The van der Waals surface area contributed by atoms with Gasteiger partial charge in [-0.1, -0.05) is 35.0 Å². The number of aliphatic hydroxyl groups is 1. The molecule has 9 heteroatoms. The second-order valence-electron chi connectivity index (χ2n) is 8.04. The van der Waals surface area contributed by atoms with Crippen LogP contribution < -0.4 is 4.72 Å². The average Bonchev–Trinajstić information content (AvgIpc) is 3.23. The van der Waals surface area contributed by atoms with E-state index in [1.807, 2.05) is 13.0 Å². The first-order valence-electron chi connectivity index (χ1n) is 10.4. The summed E-state index contributed by atoms with van der Waals surface area (Å²) in [5.74, 6) is 0.676. The lowest BCUT2D eigenvalue weighted by atomic mass is 9.98. The molecule has 3 atom stereocenters. The van der Waals surface area contributed by atoms with E-state index in [4.69, 9.17) is 9.26 Å². The number of phenolic OH excluding ortho intramolecular Hbond substituents is 1. The molecular weight excluding hydrogens is 432 g/mol. The fourth-order valence-corrected chi connectivity index (χ4v) is 4.76.